The van der Waals surface area contributed by atoms with E-state index in [-0.39, 0.29) is 11.8 Å². The zero-order valence-corrected chi connectivity index (χ0v) is 9.53. The molecule has 16 heavy (non-hydrogen) atoms. The molecule has 0 aromatic heterocycles. The van der Waals surface area contributed by atoms with Crippen molar-refractivity contribution in [1.82, 2.24) is 10.2 Å². The summed E-state index contributed by atoms with van der Waals surface area (Å²) in [6, 6.07) is 0. The monoisotopic (exact) mass is 226 g/mol. The molecule has 0 aromatic rings. The maximum Gasteiger partial charge on any atom is 0.311 e. The van der Waals surface area contributed by atoms with Gasteiger partial charge in [-0.2, -0.15) is 0 Å². The lowest BCUT2D eigenvalue weighted by Gasteiger charge is -2.22. The SMILES string of the molecule is CC1(C(=O)O)CCN(C(=O)C2CCNC2)C1. The fraction of sp³-hybridized carbons (Fsp3) is 0.818. The van der Waals surface area contributed by atoms with Crippen molar-refractivity contribution in [3.05, 3.63) is 0 Å². The number of carboxylic acids is 1. The Bertz CT molecular complexity index is 312. The van der Waals surface area contributed by atoms with Gasteiger partial charge >= 0.3 is 5.97 Å². The molecule has 0 aliphatic carbocycles. The summed E-state index contributed by atoms with van der Waals surface area (Å²) in [4.78, 5) is 24.8. The van der Waals surface area contributed by atoms with Gasteiger partial charge in [0.05, 0.1) is 11.3 Å². The van der Waals surface area contributed by atoms with E-state index in [0.29, 0.717) is 19.5 Å². The maximum atomic E-state index is 12.1. The number of hydrogen-bond acceptors (Lipinski definition) is 3. The van der Waals surface area contributed by atoms with Crippen LogP contribution in [0.5, 0.6) is 0 Å². The molecule has 2 aliphatic heterocycles. The summed E-state index contributed by atoms with van der Waals surface area (Å²) < 4.78 is 0. The van der Waals surface area contributed by atoms with E-state index in [9.17, 15) is 9.59 Å². The smallest absolute Gasteiger partial charge is 0.311 e. The zero-order chi connectivity index (χ0) is 11.8. The summed E-state index contributed by atoms with van der Waals surface area (Å²) in [5.74, 6) is -0.626. The van der Waals surface area contributed by atoms with Crippen LogP contribution in [0.4, 0.5) is 0 Å². The first-order chi connectivity index (χ1) is 7.53. The van der Waals surface area contributed by atoms with Crippen molar-refractivity contribution in [1.29, 1.82) is 0 Å². The first-order valence-corrected chi connectivity index (χ1v) is 5.76. The number of rotatable bonds is 2. The highest BCUT2D eigenvalue weighted by atomic mass is 16.4. The molecule has 90 valence electrons. The van der Waals surface area contributed by atoms with Crippen LogP contribution in [0.25, 0.3) is 0 Å². The Morgan fingerprint density at radius 3 is 2.75 bits per heavy atom. The Morgan fingerprint density at radius 1 is 1.50 bits per heavy atom. The predicted molar refractivity (Wildman–Crippen MR) is 57.9 cm³/mol. The second-order valence-corrected chi connectivity index (χ2v) is 5.07. The van der Waals surface area contributed by atoms with E-state index >= 15 is 0 Å². The average Bonchev–Trinajstić information content (AvgIpc) is 2.85. The van der Waals surface area contributed by atoms with E-state index in [2.05, 4.69) is 5.32 Å². The van der Waals surface area contributed by atoms with Crippen molar-refractivity contribution in [3.8, 4) is 0 Å². The van der Waals surface area contributed by atoms with E-state index < -0.39 is 11.4 Å². The molecule has 2 atom stereocenters. The third kappa shape index (κ3) is 1.91. The van der Waals surface area contributed by atoms with E-state index in [4.69, 9.17) is 5.11 Å². The lowest BCUT2D eigenvalue weighted by molar-refractivity contribution is -0.147. The molecule has 2 N–H and O–H groups in total. The number of carbonyl (C=O) groups is 2. The van der Waals surface area contributed by atoms with Gasteiger partial charge in [0.1, 0.15) is 0 Å². The van der Waals surface area contributed by atoms with Crippen molar-refractivity contribution < 1.29 is 14.7 Å². The van der Waals surface area contributed by atoms with Crippen LogP contribution in [-0.4, -0.2) is 48.1 Å². The third-order valence-electron chi connectivity index (χ3n) is 3.71. The molecular formula is C11H18N2O3. The molecule has 5 nitrogen and oxygen atoms in total. The van der Waals surface area contributed by atoms with Crippen molar-refractivity contribution in [2.75, 3.05) is 26.2 Å². The van der Waals surface area contributed by atoms with Crippen LogP contribution in [0.3, 0.4) is 0 Å². The quantitative estimate of drug-likeness (QED) is 0.691. The Hall–Kier alpha value is -1.10. The maximum absolute atomic E-state index is 12.1. The lowest BCUT2D eigenvalue weighted by atomic mass is 9.90. The number of hydrogen-bond donors (Lipinski definition) is 2. The normalized spacial score (nSPS) is 34.3. The van der Waals surface area contributed by atoms with Gasteiger partial charge in [-0.15, -0.1) is 0 Å². The summed E-state index contributed by atoms with van der Waals surface area (Å²) in [6.07, 6.45) is 1.44. The van der Waals surface area contributed by atoms with Gasteiger partial charge in [-0.3, -0.25) is 9.59 Å². The van der Waals surface area contributed by atoms with Crippen LogP contribution < -0.4 is 5.32 Å². The zero-order valence-electron chi connectivity index (χ0n) is 9.53. The molecule has 0 saturated carbocycles. The fourth-order valence-electron chi connectivity index (χ4n) is 2.45. The molecule has 5 heteroatoms. The highest BCUT2D eigenvalue weighted by Gasteiger charge is 2.43. The lowest BCUT2D eigenvalue weighted by Crippen LogP contribution is -2.38. The number of nitrogens with one attached hydrogen (secondary N) is 1. The van der Waals surface area contributed by atoms with Crippen LogP contribution in [0, 0.1) is 11.3 Å². The van der Waals surface area contributed by atoms with Crippen LogP contribution in [-0.2, 0) is 9.59 Å². The molecule has 0 spiro atoms. The minimum atomic E-state index is -0.799. The molecule has 0 aromatic carbocycles. The summed E-state index contributed by atoms with van der Waals surface area (Å²) in [7, 11) is 0. The molecule has 2 fully saturated rings. The number of likely N-dealkylation sites (tertiary alicyclic amines) is 1. The van der Waals surface area contributed by atoms with Gasteiger partial charge < -0.3 is 15.3 Å². The van der Waals surface area contributed by atoms with E-state index in [0.717, 1.165) is 19.5 Å². The molecule has 2 aliphatic rings. The number of carbonyl (C=O) groups excluding carboxylic acids is 1. The number of nitrogens with zero attached hydrogens (tertiary/aromatic N) is 1. The Morgan fingerprint density at radius 2 is 2.25 bits per heavy atom. The van der Waals surface area contributed by atoms with Gasteiger partial charge in [0.15, 0.2) is 0 Å². The van der Waals surface area contributed by atoms with E-state index in [1.54, 1.807) is 11.8 Å². The second-order valence-electron chi connectivity index (χ2n) is 5.07. The van der Waals surface area contributed by atoms with E-state index in [1.807, 2.05) is 0 Å². The van der Waals surface area contributed by atoms with Crippen molar-refractivity contribution in [3.63, 3.8) is 0 Å². The first kappa shape index (κ1) is 11.4. The molecule has 1 amide bonds. The highest BCUT2D eigenvalue weighted by molar-refractivity contribution is 5.82. The Balaban J connectivity index is 1.97. The van der Waals surface area contributed by atoms with Crippen LogP contribution in [0.15, 0.2) is 0 Å². The molecule has 0 bridgehead atoms. The molecular weight excluding hydrogens is 208 g/mol. The first-order valence-electron chi connectivity index (χ1n) is 5.76. The fourth-order valence-corrected chi connectivity index (χ4v) is 2.45. The van der Waals surface area contributed by atoms with E-state index in [1.165, 1.54) is 0 Å². The van der Waals surface area contributed by atoms with Gasteiger partial charge in [0, 0.05) is 19.6 Å². The molecule has 2 unspecified atom stereocenters. The average molecular weight is 226 g/mol. The van der Waals surface area contributed by atoms with Gasteiger partial charge in [-0.05, 0) is 26.3 Å². The minimum absolute atomic E-state index is 0.0520. The van der Waals surface area contributed by atoms with Crippen molar-refractivity contribution >= 4 is 11.9 Å². The summed E-state index contributed by atoms with van der Waals surface area (Å²) in [6.45, 7) is 4.28. The number of carboxylic acid groups (broad SMARTS) is 1. The van der Waals surface area contributed by atoms with Crippen molar-refractivity contribution in [2.24, 2.45) is 11.3 Å². The van der Waals surface area contributed by atoms with Gasteiger partial charge in [-0.1, -0.05) is 0 Å². The largest absolute Gasteiger partial charge is 0.481 e. The third-order valence-corrected chi connectivity index (χ3v) is 3.71. The highest BCUT2D eigenvalue weighted by Crippen LogP contribution is 2.31. The summed E-state index contributed by atoms with van der Waals surface area (Å²) >= 11 is 0. The van der Waals surface area contributed by atoms with Crippen LogP contribution >= 0.6 is 0 Å². The Kier molecular flexibility index (Phi) is 2.88. The number of aliphatic carboxylic acids is 1. The standard InChI is InChI=1S/C11H18N2O3/c1-11(10(15)16)3-5-13(7-11)9(14)8-2-4-12-6-8/h8,12H,2-7H2,1H3,(H,15,16). The van der Waals surface area contributed by atoms with Crippen LogP contribution in [0.2, 0.25) is 0 Å². The summed E-state index contributed by atoms with van der Waals surface area (Å²) in [5.41, 5.74) is -0.748. The van der Waals surface area contributed by atoms with Gasteiger partial charge in [0.25, 0.3) is 0 Å². The number of amides is 1. The molecule has 0 radical (unpaired) electrons. The predicted octanol–water partition coefficient (Wildman–Crippen LogP) is -0.0809. The molecule has 2 rings (SSSR count). The molecule has 2 heterocycles. The minimum Gasteiger partial charge on any atom is -0.481 e. The summed E-state index contributed by atoms with van der Waals surface area (Å²) in [5, 5.41) is 12.2. The van der Waals surface area contributed by atoms with Crippen LogP contribution in [0.1, 0.15) is 19.8 Å². The topological polar surface area (TPSA) is 69.6 Å². The molecule has 2 saturated heterocycles. The van der Waals surface area contributed by atoms with Gasteiger partial charge in [-0.25, -0.2) is 0 Å². The Labute approximate surface area is 94.8 Å². The van der Waals surface area contributed by atoms with Crippen molar-refractivity contribution in [2.45, 2.75) is 19.8 Å². The second kappa shape index (κ2) is 4.05. The van der Waals surface area contributed by atoms with Gasteiger partial charge in [0.2, 0.25) is 5.91 Å².